The van der Waals surface area contributed by atoms with Gasteiger partial charge in [-0.1, -0.05) is 37.6 Å². The van der Waals surface area contributed by atoms with Crippen molar-refractivity contribution in [1.82, 2.24) is 0 Å². The molecule has 3 atom stereocenters. The molecule has 1 nitrogen and oxygen atoms in total. The van der Waals surface area contributed by atoms with Gasteiger partial charge in [-0.05, 0) is 37.5 Å². The first-order chi connectivity index (χ1) is 7.45. The van der Waals surface area contributed by atoms with Crippen molar-refractivity contribution >= 4 is 5.78 Å². The topological polar surface area (TPSA) is 17.1 Å². The Morgan fingerprint density at radius 3 is 2.88 bits per heavy atom. The molecule has 0 aliphatic heterocycles. The molecule has 2 rings (SSSR count). The van der Waals surface area contributed by atoms with Crippen LogP contribution in [0.4, 0.5) is 0 Å². The third-order valence-corrected chi connectivity index (χ3v) is 4.79. The van der Waals surface area contributed by atoms with E-state index in [0.29, 0.717) is 18.1 Å². The molecule has 16 heavy (non-hydrogen) atoms. The highest BCUT2D eigenvalue weighted by Crippen LogP contribution is 2.52. The second-order valence-electron chi connectivity index (χ2n) is 5.87. The Balaban J connectivity index is 2.33. The number of Topliss-reactive ketones (excluding diaryl/α,β-unsaturated/α-hetero) is 1. The van der Waals surface area contributed by atoms with Crippen LogP contribution in [0.5, 0.6) is 0 Å². The standard InChI is InChI=1S/C15H22O/c1-10(2)13-9-15(4)11(3)6-5-7-12(15)8-14(13)16/h7,11,13H,1,5-6,8-9H2,2-4H3/t11-,13+,15+/m0/s1. The van der Waals surface area contributed by atoms with Gasteiger partial charge in [-0.2, -0.15) is 0 Å². The summed E-state index contributed by atoms with van der Waals surface area (Å²) in [6, 6.07) is 0. The molecule has 0 amide bonds. The number of hydrogen-bond acceptors (Lipinski definition) is 1. The maximum Gasteiger partial charge on any atom is 0.144 e. The molecule has 0 heterocycles. The monoisotopic (exact) mass is 218 g/mol. The third kappa shape index (κ3) is 1.66. The maximum atomic E-state index is 12.0. The van der Waals surface area contributed by atoms with Crippen molar-refractivity contribution in [1.29, 1.82) is 0 Å². The number of ketones is 1. The van der Waals surface area contributed by atoms with Gasteiger partial charge < -0.3 is 0 Å². The molecule has 0 spiro atoms. The lowest BCUT2D eigenvalue weighted by Gasteiger charge is -2.46. The van der Waals surface area contributed by atoms with E-state index in [9.17, 15) is 4.79 Å². The molecule has 0 aromatic heterocycles. The van der Waals surface area contributed by atoms with Crippen molar-refractivity contribution in [3.63, 3.8) is 0 Å². The van der Waals surface area contributed by atoms with E-state index in [-0.39, 0.29) is 11.3 Å². The van der Waals surface area contributed by atoms with E-state index in [4.69, 9.17) is 0 Å². The molecule has 2 aliphatic rings. The number of carbonyl (C=O) groups excluding carboxylic acids is 1. The first-order valence-corrected chi connectivity index (χ1v) is 6.33. The summed E-state index contributed by atoms with van der Waals surface area (Å²) in [5, 5.41) is 0. The van der Waals surface area contributed by atoms with Crippen LogP contribution in [0.2, 0.25) is 0 Å². The van der Waals surface area contributed by atoms with E-state index < -0.39 is 0 Å². The summed E-state index contributed by atoms with van der Waals surface area (Å²) in [4.78, 5) is 12.0. The lowest BCUT2D eigenvalue weighted by Crippen LogP contribution is -2.40. The smallest absolute Gasteiger partial charge is 0.144 e. The lowest BCUT2D eigenvalue weighted by atomic mass is 9.57. The van der Waals surface area contributed by atoms with Crippen molar-refractivity contribution in [2.45, 2.75) is 46.5 Å². The summed E-state index contributed by atoms with van der Waals surface area (Å²) in [5.41, 5.74) is 2.69. The number of fused-ring (bicyclic) bond motifs is 1. The van der Waals surface area contributed by atoms with Crippen molar-refractivity contribution in [2.24, 2.45) is 17.3 Å². The molecule has 0 aromatic rings. The zero-order chi connectivity index (χ0) is 11.9. The van der Waals surface area contributed by atoms with Crippen LogP contribution >= 0.6 is 0 Å². The lowest BCUT2D eigenvalue weighted by molar-refractivity contribution is -0.124. The predicted molar refractivity (Wildman–Crippen MR) is 67.1 cm³/mol. The highest BCUT2D eigenvalue weighted by Gasteiger charge is 2.44. The van der Waals surface area contributed by atoms with Gasteiger partial charge >= 0.3 is 0 Å². The fourth-order valence-electron chi connectivity index (χ4n) is 3.28. The largest absolute Gasteiger partial charge is 0.299 e. The van der Waals surface area contributed by atoms with Gasteiger partial charge in [0.15, 0.2) is 0 Å². The van der Waals surface area contributed by atoms with E-state index >= 15 is 0 Å². The van der Waals surface area contributed by atoms with E-state index in [2.05, 4.69) is 26.5 Å². The Morgan fingerprint density at radius 2 is 2.25 bits per heavy atom. The number of rotatable bonds is 1. The molecular formula is C15H22O. The average Bonchev–Trinajstić information content (AvgIpc) is 2.20. The first-order valence-electron chi connectivity index (χ1n) is 6.33. The molecule has 1 heteroatoms. The molecule has 0 saturated heterocycles. The Labute approximate surface area is 98.6 Å². The summed E-state index contributed by atoms with van der Waals surface area (Å²) in [6.07, 6.45) is 6.37. The summed E-state index contributed by atoms with van der Waals surface area (Å²) >= 11 is 0. The quantitative estimate of drug-likeness (QED) is 0.610. The van der Waals surface area contributed by atoms with Crippen LogP contribution in [-0.4, -0.2) is 5.78 Å². The Bertz CT molecular complexity index is 364. The van der Waals surface area contributed by atoms with Gasteiger partial charge in [-0.3, -0.25) is 4.79 Å². The fourth-order valence-corrected chi connectivity index (χ4v) is 3.28. The van der Waals surface area contributed by atoms with E-state index in [1.54, 1.807) is 0 Å². The minimum absolute atomic E-state index is 0.0997. The Morgan fingerprint density at radius 1 is 1.56 bits per heavy atom. The van der Waals surface area contributed by atoms with Gasteiger partial charge in [-0.25, -0.2) is 0 Å². The molecule has 0 bridgehead atoms. The van der Waals surface area contributed by atoms with Crippen molar-refractivity contribution in [3.8, 4) is 0 Å². The molecule has 2 aliphatic carbocycles. The van der Waals surface area contributed by atoms with Crippen molar-refractivity contribution in [2.75, 3.05) is 0 Å². The zero-order valence-corrected chi connectivity index (χ0v) is 10.7. The second-order valence-corrected chi connectivity index (χ2v) is 5.87. The number of allylic oxidation sites excluding steroid dienone is 3. The number of hydrogen-bond donors (Lipinski definition) is 0. The summed E-state index contributed by atoms with van der Waals surface area (Å²) in [7, 11) is 0. The van der Waals surface area contributed by atoms with E-state index in [1.807, 2.05) is 6.92 Å². The second kappa shape index (κ2) is 3.87. The minimum atomic E-state index is 0.0997. The third-order valence-electron chi connectivity index (χ3n) is 4.79. The van der Waals surface area contributed by atoms with Crippen LogP contribution in [0, 0.1) is 17.3 Å². The normalized spacial score (nSPS) is 38.9. The molecule has 0 aromatic carbocycles. The number of carbonyl (C=O) groups is 1. The summed E-state index contributed by atoms with van der Waals surface area (Å²) in [6.45, 7) is 10.6. The summed E-state index contributed by atoms with van der Waals surface area (Å²) < 4.78 is 0. The van der Waals surface area contributed by atoms with Gasteiger partial charge in [0.2, 0.25) is 0 Å². The first kappa shape index (κ1) is 11.6. The zero-order valence-electron chi connectivity index (χ0n) is 10.7. The molecule has 0 unspecified atom stereocenters. The van der Waals surface area contributed by atoms with Crippen molar-refractivity contribution < 1.29 is 4.79 Å². The average molecular weight is 218 g/mol. The van der Waals surface area contributed by atoms with Crippen LogP contribution in [0.3, 0.4) is 0 Å². The Kier molecular flexibility index (Phi) is 2.81. The van der Waals surface area contributed by atoms with Crippen LogP contribution in [-0.2, 0) is 4.79 Å². The van der Waals surface area contributed by atoms with Gasteiger partial charge in [-0.15, -0.1) is 0 Å². The highest BCUT2D eigenvalue weighted by atomic mass is 16.1. The SMILES string of the molecule is C=C(C)[C@H]1C[C@@]2(C)C(=CCC[C@@H]2C)CC1=O. The maximum absolute atomic E-state index is 12.0. The minimum Gasteiger partial charge on any atom is -0.299 e. The van der Waals surface area contributed by atoms with Crippen LogP contribution in [0.1, 0.15) is 46.5 Å². The molecule has 0 radical (unpaired) electrons. The van der Waals surface area contributed by atoms with Crippen LogP contribution < -0.4 is 0 Å². The Hall–Kier alpha value is -0.850. The van der Waals surface area contributed by atoms with Crippen LogP contribution in [0.25, 0.3) is 0 Å². The van der Waals surface area contributed by atoms with Gasteiger partial charge in [0, 0.05) is 12.3 Å². The van der Waals surface area contributed by atoms with Crippen LogP contribution in [0.15, 0.2) is 23.8 Å². The molecular weight excluding hydrogens is 196 g/mol. The van der Waals surface area contributed by atoms with Gasteiger partial charge in [0.05, 0.1) is 0 Å². The highest BCUT2D eigenvalue weighted by molar-refractivity contribution is 5.87. The molecule has 0 N–H and O–H groups in total. The summed E-state index contributed by atoms with van der Waals surface area (Å²) in [5.74, 6) is 1.18. The molecule has 88 valence electrons. The molecule has 1 fully saturated rings. The van der Waals surface area contributed by atoms with Gasteiger partial charge in [0.1, 0.15) is 5.78 Å². The van der Waals surface area contributed by atoms with Gasteiger partial charge in [0.25, 0.3) is 0 Å². The van der Waals surface area contributed by atoms with E-state index in [1.165, 1.54) is 12.0 Å². The predicted octanol–water partition coefficient (Wildman–Crippen LogP) is 3.90. The van der Waals surface area contributed by atoms with Crippen molar-refractivity contribution in [3.05, 3.63) is 23.8 Å². The fraction of sp³-hybridized carbons (Fsp3) is 0.667. The molecule has 1 saturated carbocycles. The van der Waals surface area contributed by atoms with E-state index in [0.717, 1.165) is 18.4 Å².